The Morgan fingerprint density at radius 1 is 1.07 bits per heavy atom. The van der Waals surface area contributed by atoms with Gasteiger partial charge in [0.15, 0.2) is 0 Å². The lowest BCUT2D eigenvalue weighted by molar-refractivity contribution is -0.137. The smallest absolute Gasteiger partial charge is 0.338 e. The van der Waals surface area contributed by atoms with Crippen LogP contribution in [0, 0.1) is 12.3 Å². The van der Waals surface area contributed by atoms with E-state index in [1.165, 1.54) is 12.1 Å². The summed E-state index contributed by atoms with van der Waals surface area (Å²) in [5, 5.41) is 0. The molecule has 29 heavy (non-hydrogen) atoms. The van der Waals surface area contributed by atoms with Crippen molar-refractivity contribution in [2.45, 2.75) is 25.9 Å². The number of nitrogens with zero attached hydrogens (tertiary/aromatic N) is 2. The minimum absolute atomic E-state index is 0.0159. The highest BCUT2D eigenvalue weighted by atomic mass is 19.4. The van der Waals surface area contributed by atoms with Gasteiger partial charge in [-0.3, -0.25) is 9.59 Å². The summed E-state index contributed by atoms with van der Waals surface area (Å²) < 4.78 is 38.9. The fraction of sp³-hybridized carbons (Fsp3) is 0.364. The molecule has 2 fully saturated rings. The van der Waals surface area contributed by atoms with Crippen LogP contribution in [0.3, 0.4) is 0 Å². The maximum absolute atomic E-state index is 13.0. The van der Waals surface area contributed by atoms with Gasteiger partial charge in [-0.25, -0.2) is 0 Å². The maximum atomic E-state index is 13.0. The number of hydrogen-bond donors (Lipinski definition) is 0. The fourth-order valence-corrected chi connectivity index (χ4v) is 4.25. The maximum Gasteiger partial charge on any atom is 0.416 e. The lowest BCUT2D eigenvalue weighted by Gasteiger charge is -2.24. The molecule has 0 aromatic heterocycles. The predicted octanol–water partition coefficient (Wildman–Crippen LogP) is 4.28. The van der Waals surface area contributed by atoms with Crippen molar-refractivity contribution >= 4 is 17.5 Å². The average molecular weight is 402 g/mol. The topological polar surface area (TPSA) is 40.6 Å². The van der Waals surface area contributed by atoms with Crippen LogP contribution >= 0.6 is 0 Å². The van der Waals surface area contributed by atoms with Crippen molar-refractivity contribution in [2.75, 3.05) is 24.5 Å². The molecule has 0 bridgehead atoms. The number of likely N-dealkylation sites (tertiary alicyclic amines) is 1. The number of hydrogen-bond acceptors (Lipinski definition) is 2. The summed E-state index contributed by atoms with van der Waals surface area (Å²) >= 11 is 0. The minimum Gasteiger partial charge on any atom is -0.338 e. The first-order valence-electron chi connectivity index (χ1n) is 9.51. The molecule has 2 heterocycles. The molecule has 1 spiro atoms. The van der Waals surface area contributed by atoms with Crippen LogP contribution in [0.2, 0.25) is 0 Å². The molecular weight excluding hydrogens is 381 g/mol. The van der Waals surface area contributed by atoms with Crippen LogP contribution in [0.1, 0.15) is 34.3 Å². The zero-order chi connectivity index (χ0) is 20.8. The van der Waals surface area contributed by atoms with Crippen LogP contribution in [-0.2, 0) is 11.0 Å². The van der Waals surface area contributed by atoms with Gasteiger partial charge >= 0.3 is 6.18 Å². The number of aryl methyl sites for hydroxylation is 1. The Hall–Kier alpha value is -2.83. The second-order valence-electron chi connectivity index (χ2n) is 8.05. The van der Waals surface area contributed by atoms with Crippen LogP contribution in [0.25, 0.3) is 0 Å². The minimum atomic E-state index is -4.49. The van der Waals surface area contributed by atoms with Gasteiger partial charge in [-0.2, -0.15) is 13.2 Å². The van der Waals surface area contributed by atoms with Gasteiger partial charge in [-0.15, -0.1) is 0 Å². The van der Waals surface area contributed by atoms with Gasteiger partial charge in [-0.1, -0.05) is 23.8 Å². The number of alkyl halides is 3. The van der Waals surface area contributed by atoms with E-state index in [2.05, 4.69) is 0 Å². The standard InChI is InChI=1S/C22H21F3N2O2/c1-15-5-7-18(8-6-15)27-14-21(12-19(27)28)9-10-26(13-21)20(29)16-3-2-4-17(11-16)22(23,24)25/h2-8,11H,9-10,12-14H2,1H3. The molecule has 0 aliphatic carbocycles. The molecule has 4 rings (SSSR count). The third kappa shape index (κ3) is 3.73. The molecule has 0 N–H and O–H groups in total. The highest BCUT2D eigenvalue weighted by molar-refractivity contribution is 5.97. The highest BCUT2D eigenvalue weighted by Gasteiger charge is 2.49. The molecule has 0 saturated carbocycles. The third-order valence-electron chi connectivity index (χ3n) is 5.83. The molecular formula is C22H21F3N2O2. The molecule has 2 aliphatic rings. The monoisotopic (exact) mass is 402 g/mol. The molecule has 2 saturated heterocycles. The largest absolute Gasteiger partial charge is 0.416 e. The fourth-order valence-electron chi connectivity index (χ4n) is 4.25. The first kappa shape index (κ1) is 19.5. The molecule has 7 heteroatoms. The lowest BCUT2D eigenvalue weighted by Crippen LogP contribution is -2.34. The molecule has 4 nitrogen and oxygen atoms in total. The average Bonchev–Trinajstić information content (AvgIpc) is 3.24. The van der Waals surface area contributed by atoms with Crippen LogP contribution in [0.5, 0.6) is 0 Å². The summed E-state index contributed by atoms with van der Waals surface area (Å²) in [6.07, 6.45) is -3.49. The highest BCUT2D eigenvalue weighted by Crippen LogP contribution is 2.42. The van der Waals surface area contributed by atoms with E-state index in [1.807, 2.05) is 31.2 Å². The molecule has 2 amide bonds. The van der Waals surface area contributed by atoms with Crippen molar-refractivity contribution in [2.24, 2.45) is 5.41 Å². The summed E-state index contributed by atoms with van der Waals surface area (Å²) in [4.78, 5) is 28.7. The van der Waals surface area contributed by atoms with E-state index >= 15 is 0 Å². The predicted molar refractivity (Wildman–Crippen MR) is 103 cm³/mol. The zero-order valence-electron chi connectivity index (χ0n) is 16.0. The van der Waals surface area contributed by atoms with Crippen molar-refractivity contribution in [1.82, 2.24) is 4.90 Å². The van der Waals surface area contributed by atoms with Gasteiger partial charge in [0, 0.05) is 42.7 Å². The summed E-state index contributed by atoms with van der Waals surface area (Å²) in [6.45, 7) is 3.30. The number of carbonyl (C=O) groups is 2. The SMILES string of the molecule is Cc1ccc(N2CC3(CCN(C(=O)c4cccc(C(F)(F)F)c4)C3)CC2=O)cc1. The molecule has 2 aromatic rings. The van der Waals surface area contributed by atoms with Crippen LogP contribution in [-0.4, -0.2) is 36.3 Å². The summed E-state index contributed by atoms with van der Waals surface area (Å²) in [7, 11) is 0. The van der Waals surface area contributed by atoms with E-state index in [0.29, 0.717) is 32.5 Å². The Morgan fingerprint density at radius 3 is 2.48 bits per heavy atom. The second kappa shape index (κ2) is 6.90. The van der Waals surface area contributed by atoms with Gasteiger partial charge in [0.05, 0.1) is 5.56 Å². The van der Waals surface area contributed by atoms with E-state index in [4.69, 9.17) is 0 Å². The first-order chi connectivity index (χ1) is 13.7. The Labute approximate surface area is 166 Å². The van der Waals surface area contributed by atoms with E-state index in [0.717, 1.165) is 23.4 Å². The summed E-state index contributed by atoms with van der Waals surface area (Å²) in [5.74, 6) is -0.406. The summed E-state index contributed by atoms with van der Waals surface area (Å²) in [6, 6.07) is 12.2. The number of amides is 2. The third-order valence-corrected chi connectivity index (χ3v) is 5.83. The lowest BCUT2D eigenvalue weighted by atomic mass is 9.86. The molecule has 1 unspecified atom stereocenters. The van der Waals surface area contributed by atoms with E-state index in [9.17, 15) is 22.8 Å². The van der Waals surface area contributed by atoms with Crippen molar-refractivity contribution in [3.8, 4) is 0 Å². The number of anilines is 1. The van der Waals surface area contributed by atoms with Crippen molar-refractivity contribution in [1.29, 1.82) is 0 Å². The van der Waals surface area contributed by atoms with E-state index < -0.39 is 17.6 Å². The Balaban J connectivity index is 1.50. The quantitative estimate of drug-likeness (QED) is 0.752. The van der Waals surface area contributed by atoms with Crippen molar-refractivity contribution in [3.63, 3.8) is 0 Å². The van der Waals surface area contributed by atoms with Crippen molar-refractivity contribution < 1.29 is 22.8 Å². The molecule has 2 aliphatic heterocycles. The van der Waals surface area contributed by atoms with E-state index in [-0.39, 0.29) is 16.9 Å². The first-order valence-corrected chi connectivity index (χ1v) is 9.51. The molecule has 1 atom stereocenters. The van der Waals surface area contributed by atoms with Gasteiger partial charge in [0.2, 0.25) is 5.91 Å². The van der Waals surface area contributed by atoms with E-state index in [1.54, 1.807) is 9.80 Å². The Morgan fingerprint density at radius 2 is 1.79 bits per heavy atom. The Kier molecular flexibility index (Phi) is 4.63. The van der Waals surface area contributed by atoms with Crippen LogP contribution in [0.4, 0.5) is 18.9 Å². The molecule has 0 radical (unpaired) electrons. The number of benzene rings is 2. The van der Waals surface area contributed by atoms with Gasteiger partial charge in [-0.05, 0) is 43.7 Å². The van der Waals surface area contributed by atoms with Gasteiger partial charge < -0.3 is 9.80 Å². The number of halogens is 3. The normalized spacial score (nSPS) is 22.0. The zero-order valence-corrected chi connectivity index (χ0v) is 16.0. The second-order valence-corrected chi connectivity index (χ2v) is 8.05. The summed E-state index contributed by atoms with van der Waals surface area (Å²) in [5.41, 5.74) is 0.781. The van der Waals surface area contributed by atoms with Crippen LogP contribution in [0.15, 0.2) is 48.5 Å². The number of rotatable bonds is 2. The molecule has 2 aromatic carbocycles. The van der Waals surface area contributed by atoms with Crippen LogP contribution < -0.4 is 4.90 Å². The number of carbonyl (C=O) groups excluding carboxylic acids is 2. The molecule has 152 valence electrons. The van der Waals surface area contributed by atoms with Gasteiger partial charge in [0.25, 0.3) is 5.91 Å². The van der Waals surface area contributed by atoms with Gasteiger partial charge in [0.1, 0.15) is 0 Å². The Bertz CT molecular complexity index is 955. The van der Waals surface area contributed by atoms with Crippen molar-refractivity contribution in [3.05, 3.63) is 65.2 Å².